The summed E-state index contributed by atoms with van der Waals surface area (Å²) in [5.74, 6) is 0.00693. The molecule has 0 aromatic heterocycles. The molecule has 2 fully saturated rings. The second-order valence-corrected chi connectivity index (χ2v) is 8.79. The molecule has 2 aliphatic heterocycles. The van der Waals surface area contributed by atoms with Crippen molar-refractivity contribution < 1.29 is 36.0 Å². The Hall–Kier alpha value is -1.69. The van der Waals surface area contributed by atoms with Crippen LogP contribution in [0, 0.1) is 0 Å². The van der Waals surface area contributed by atoms with Gasteiger partial charge in [0.15, 0.2) is 6.54 Å². The van der Waals surface area contributed by atoms with E-state index in [9.17, 15) is 26.4 Å². The van der Waals surface area contributed by atoms with E-state index in [0.29, 0.717) is 45.5 Å². The predicted molar refractivity (Wildman–Crippen MR) is 93.2 cm³/mol. The number of amides is 1. The maximum absolute atomic E-state index is 12.9. The minimum Gasteiger partial charge on any atom is -0.378 e. The third kappa shape index (κ3) is 4.83. The monoisotopic (exact) mass is 422 g/mol. The summed E-state index contributed by atoms with van der Waals surface area (Å²) in [6.07, 6.45) is -4.60. The van der Waals surface area contributed by atoms with Crippen LogP contribution in [0.5, 0.6) is 0 Å². The van der Waals surface area contributed by atoms with Gasteiger partial charge < -0.3 is 14.5 Å². The average molecular weight is 422 g/mol. The van der Waals surface area contributed by atoms with E-state index in [0.717, 1.165) is 17.0 Å². The molecule has 0 radical (unpaired) electrons. The molecule has 0 atom stereocenters. The minimum atomic E-state index is -4.60. The first-order valence-corrected chi connectivity index (χ1v) is 10.5. The van der Waals surface area contributed by atoms with Crippen LogP contribution < -0.4 is 4.90 Å². The number of rotatable bonds is 4. The smallest absolute Gasteiger partial charge is 0.378 e. The summed E-state index contributed by atoms with van der Waals surface area (Å²) in [5, 5.41) is 0. The third-order valence-electron chi connectivity index (χ3n) is 4.99. The molecule has 1 aromatic carbocycles. The SMILES string of the molecule is O=C(C[NH+]1CCN(S(=O)(=O)c2cccc(C(F)(F)F)c2)CC1)N1CCOCC1. The highest BCUT2D eigenvalue weighted by Gasteiger charge is 2.35. The Kier molecular flexibility index (Phi) is 6.28. The Bertz CT molecular complexity index is 802. The number of benzene rings is 1. The number of piperazine rings is 1. The zero-order chi connectivity index (χ0) is 20.4. The van der Waals surface area contributed by atoms with Gasteiger partial charge in [-0.05, 0) is 18.2 Å². The molecule has 156 valence electrons. The Morgan fingerprint density at radius 3 is 2.36 bits per heavy atom. The lowest BCUT2D eigenvalue weighted by molar-refractivity contribution is -0.896. The summed E-state index contributed by atoms with van der Waals surface area (Å²) in [4.78, 5) is 14.6. The van der Waals surface area contributed by atoms with Crippen LogP contribution in [0.4, 0.5) is 13.2 Å². The van der Waals surface area contributed by atoms with Gasteiger partial charge in [-0.15, -0.1) is 0 Å². The average Bonchev–Trinajstić information content (AvgIpc) is 2.68. The van der Waals surface area contributed by atoms with Crippen LogP contribution in [0.2, 0.25) is 0 Å². The number of halogens is 3. The molecule has 1 amide bonds. The first-order chi connectivity index (χ1) is 13.2. The number of hydrogen-bond donors (Lipinski definition) is 1. The minimum absolute atomic E-state index is 0.00693. The fraction of sp³-hybridized carbons (Fsp3) is 0.588. The Morgan fingerprint density at radius 2 is 1.75 bits per heavy atom. The summed E-state index contributed by atoms with van der Waals surface area (Å²) < 4.78 is 70.4. The first kappa shape index (κ1) is 21.0. The van der Waals surface area contributed by atoms with Gasteiger partial charge in [-0.2, -0.15) is 17.5 Å². The highest BCUT2D eigenvalue weighted by Crippen LogP contribution is 2.31. The lowest BCUT2D eigenvalue weighted by Crippen LogP contribution is -3.15. The molecule has 0 unspecified atom stereocenters. The van der Waals surface area contributed by atoms with Gasteiger partial charge in [-0.1, -0.05) is 6.07 Å². The van der Waals surface area contributed by atoms with E-state index in [2.05, 4.69) is 0 Å². The highest BCUT2D eigenvalue weighted by molar-refractivity contribution is 7.89. The molecule has 0 spiro atoms. The summed E-state index contributed by atoms with van der Waals surface area (Å²) in [7, 11) is -4.01. The second kappa shape index (κ2) is 8.36. The zero-order valence-electron chi connectivity index (χ0n) is 15.2. The normalized spacial score (nSPS) is 20.3. The van der Waals surface area contributed by atoms with Crippen molar-refractivity contribution in [2.24, 2.45) is 0 Å². The van der Waals surface area contributed by atoms with Crippen molar-refractivity contribution in [1.82, 2.24) is 9.21 Å². The molecular weight excluding hydrogens is 399 g/mol. The Morgan fingerprint density at radius 1 is 1.11 bits per heavy atom. The summed E-state index contributed by atoms with van der Waals surface area (Å²) in [5.41, 5.74) is -0.992. The largest absolute Gasteiger partial charge is 0.416 e. The molecule has 1 aromatic rings. The van der Waals surface area contributed by atoms with E-state index < -0.39 is 21.8 Å². The number of carbonyl (C=O) groups excluding carboxylic acids is 1. The number of quaternary nitrogens is 1. The molecule has 0 saturated carbocycles. The number of carbonyl (C=O) groups is 1. The fourth-order valence-electron chi connectivity index (χ4n) is 3.34. The van der Waals surface area contributed by atoms with Crippen LogP contribution in [-0.4, -0.2) is 82.6 Å². The van der Waals surface area contributed by atoms with Gasteiger partial charge in [0.2, 0.25) is 10.0 Å². The van der Waals surface area contributed by atoms with Gasteiger partial charge in [0.25, 0.3) is 5.91 Å². The number of hydrogen-bond acceptors (Lipinski definition) is 4. The van der Waals surface area contributed by atoms with Crippen LogP contribution in [0.1, 0.15) is 5.56 Å². The number of morpholine rings is 1. The standard InChI is InChI=1S/C17H22F3N3O4S/c18-17(19,20)14-2-1-3-15(12-14)28(25,26)23-6-4-21(5-7-23)13-16(24)22-8-10-27-11-9-22/h1-3,12H,4-11,13H2/p+1. The predicted octanol–water partition coefficient (Wildman–Crippen LogP) is -0.547. The molecule has 11 heteroatoms. The number of ether oxygens (including phenoxy) is 1. The van der Waals surface area contributed by atoms with Gasteiger partial charge in [0.05, 0.1) is 49.9 Å². The van der Waals surface area contributed by atoms with Crippen molar-refractivity contribution >= 4 is 15.9 Å². The van der Waals surface area contributed by atoms with Crippen molar-refractivity contribution in [1.29, 1.82) is 0 Å². The van der Waals surface area contributed by atoms with E-state index in [1.54, 1.807) is 4.90 Å². The van der Waals surface area contributed by atoms with Crippen LogP contribution in [0.3, 0.4) is 0 Å². The molecule has 2 saturated heterocycles. The van der Waals surface area contributed by atoms with Crippen LogP contribution in [-0.2, 0) is 25.7 Å². The van der Waals surface area contributed by atoms with Crippen LogP contribution >= 0.6 is 0 Å². The van der Waals surface area contributed by atoms with E-state index in [-0.39, 0.29) is 30.4 Å². The highest BCUT2D eigenvalue weighted by atomic mass is 32.2. The van der Waals surface area contributed by atoms with Gasteiger partial charge in [-0.3, -0.25) is 4.79 Å². The first-order valence-electron chi connectivity index (χ1n) is 9.04. The van der Waals surface area contributed by atoms with Crippen molar-refractivity contribution in [2.75, 3.05) is 59.0 Å². The zero-order valence-corrected chi connectivity index (χ0v) is 16.1. The third-order valence-corrected chi connectivity index (χ3v) is 6.89. The molecule has 7 nitrogen and oxygen atoms in total. The number of alkyl halides is 3. The maximum Gasteiger partial charge on any atom is 0.416 e. The molecule has 3 rings (SSSR count). The maximum atomic E-state index is 12.9. The fourth-order valence-corrected chi connectivity index (χ4v) is 4.83. The van der Waals surface area contributed by atoms with Crippen LogP contribution in [0.25, 0.3) is 0 Å². The van der Waals surface area contributed by atoms with E-state index >= 15 is 0 Å². The molecule has 2 aliphatic rings. The van der Waals surface area contributed by atoms with E-state index in [1.165, 1.54) is 10.4 Å². The van der Waals surface area contributed by atoms with Gasteiger partial charge in [-0.25, -0.2) is 8.42 Å². The lowest BCUT2D eigenvalue weighted by Gasteiger charge is -2.33. The topological polar surface area (TPSA) is 71.4 Å². The van der Waals surface area contributed by atoms with Gasteiger partial charge in [0.1, 0.15) is 0 Å². The quantitative estimate of drug-likeness (QED) is 0.707. The molecule has 0 aliphatic carbocycles. The van der Waals surface area contributed by atoms with Crippen LogP contribution in [0.15, 0.2) is 29.2 Å². The van der Waals surface area contributed by atoms with Crippen molar-refractivity contribution in [3.8, 4) is 0 Å². The van der Waals surface area contributed by atoms with Crippen molar-refractivity contribution in [2.45, 2.75) is 11.1 Å². The van der Waals surface area contributed by atoms with Crippen molar-refractivity contribution in [3.05, 3.63) is 29.8 Å². The summed E-state index contributed by atoms with van der Waals surface area (Å²) >= 11 is 0. The van der Waals surface area contributed by atoms with E-state index in [4.69, 9.17) is 4.74 Å². The van der Waals surface area contributed by atoms with E-state index in [1.807, 2.05) is 0 Å². The number of nitrogens with zero attached hydrogens (tertiary/aromatic N) is 2. The molecule has 2 heterocycles. The number of sulfonamides is 1. The molecule has 28 heavy (non-hydrogen) atoms. The summed E-state index contributed by atoms with van der Waals surface area (Å²) in [6.45, 7) is 3.59. The lowest BCUT2D eigenvalue weighted by atomic mass is 10.2. The summed E-state index contributed by atoms with van der Waals surface area (Å²) in [6, 6.07) is 3.78. The number of nitrogens with one attached hydrogen (secondary N) is 1. The second-order valence-electron chi connectivity index (χ2n) is 6.85. The molecular formula is C17H23F3N3O4S+. The Labute approximate surface area is 161 Å². The van der Waals surface area contributed by atoms with Crippen molar-refractivity contribution in [3.63, 3.8) is 0 Å². The molecule has 1 N–H and O–H groups in total. The van der Waals surface area contributed by atoms with Gasteiger partial charge >= 0.3 is 6.18 Å². The Balaban J connectivity index is 1.60. The van der Waals surface area contributed by atoms with Gasteiger partial charge in [0, 0.05) is 13.1 Å². The molecule has 0 bridgehead atoms.